The topological polar surface area (TPSA) is 20.2 Å². The summed E-state index contributed by atoms with van der Waals surface area (Å²) in [6.07, 6.45) is 8.18. The minimum Gasteiger partial charge on any atom is -0.516 e. The molecule has 0 heterocycles. The van der Waals surface area contributed by atoms with Crippen molar-refractivity contribution < 1.29 is 5.11 Å². The van der Waals surface area contributed by atoms with Crippen molar-refractivity contribution in [1.29, 1.82) is 0 Å². The van der Waals surface area contributed by atoms with E-state index >= 15 is 0 Å². The summed E-state index contributed by atoms with van der Waals surface area (Å²) >= 11 is 0. The molecule has 50 valence electrons. The molecule has 0 aliphatic heterocycles. The van der Waals surface area contributed by atoms with E-state index in [1.165, 1.54) is 0 Å². The predicted octanol–water partition coefficient (Wildman–Crippen LogP) is 2.39. The van der Waals surface area contributed by atoms with Crippen molar-refractivity contribution in [2.75, 3.05) is 0 Å². The van der Waals surface area contributed by atoms with Gasteiger partial charge < -0.3 is 5.11 Å². The number of aliphatic hydroxyl groups is 1. The number of allylic oxidation sites excluding steroid dienone is 5. The second-order valence-electron chi connectivity index (χ2n) is 1.49. The summed E-state index contributed by atoms with van der Waals surface area (Å²) in [5, 5.41) is 9.30. The van der Waals surface area contributed by atoms with E-state index in [4.69, 9.17) is 5.11 Å². The van der Waals surface area contributed by atoms with Gasteiger partial charge in [-0.25, -0.2) is 0 Å². The van der Waals surface area contributed by atoms with E-state index in [-0.39, 0.29) is 0 Å². The Kier molecular flexibility index (Phi) is 5.24. The Labute approximate surface area is 58.0 Å². The fourth-order valence-corrected chi connectivity index (χ4v) is 0.424. The van der Waals surface area contributed by atoms with Crippen molar-refractivity contribution in [2.45, 2.75) is 6.92 Å². The van der Waals surface area contributed by atoms with Crippen LogP contribution in [-0.2, 0) is 0 Å². The maximum Gasteiger partial charge on any atom is 0.0791 e. The second kappa shape index (κ2) is 5.58. The summed E-state index contributed by atoms with van der Waals surface area (Å²) in [4.78, 5) is 0. The van der Waals surface area contributed by atoms with Gasteiger partial charge in [-0.05, 0) is 18.3 Å². The first-order valence-electron chi connectivity index (χ1n) is 2.70. The second-order valence-corrected chi connectivity index (χ2v) is 2.16. The summed E-state index contributed by atoms with van der Waals surface area (Å²) in [5.74, 6) is 0. The van der Waals surface area contributed by atoms with Crippen LogP contribution in [0.4, 0.5) is 0 Å². The minimum absolute atomic E-state index is 1.00. The molecule has 0 spiro atoms. The molecule has 0 fully saturated rings. The lowest BCUT2D eigenvalue weighted by Crippen LogP contribution is -1.56. The highest BCUT2D eigenvalue weighted by Gasteiger charge is 1.72. The average Bonchev–Trinajstić information content (AvgIpc) is 1.89. The Morgan fingerprint density at radius 3 is 2.56 bits per heavy atom. The SMILES string of the molecule is C\C=C(P)/C=C\C=C\O. The van der Waals surface area contributed by atoms with Crippen molar-refractivity contribution in [2.24, 2.45) is 0 Å². The molecule has 1 unspecified atom stereocenters. The molecule has 0 amide bonds. The molecule has 0 radical (unpaired) electrons. The third kappa shape index (κ3) is 5.32. The lowest BCUT2D eigenvalue weighted by molar-refractivity contribution is 0.474. The normalized spacial score (nSPS) is 13.8. The van der Waals surface area contributed by atoms with Crippen LogP contribution < -0.4 is 0 Å². The fraction of sp³-hybridized carbons (Fsp3) is 0.143. The summed E-state index contributed by atoms with van der Waals surface area (Å²) in [5.41, 5.74) is 0. The van der Waals surface area contributed by atoms with Gasteiger partial charge in [-0.3, -0.25) is 0 Å². The fourth-order valence-electron chi connectivity index (χ4n) is 0.313. The zero-order chi connectivity index (χ0) is 7.11. The van der Waals surface area contributed by atoms with Gasteiger partial charge in [0.25, 0.3) is 0 Å². The maximum atomic E-state index is 8.19. The van der Waals surface area contributed by atoms with Gasteiger partial charge in [0, 0.05) is 0 Å². The molecule has 9 heavy (non-hydrogen) atoms. The average molecular weight is 142 g/mol. The summed E-state index contributed by atoms with van der Waals surface area (Å²) in [6, 6.07) is 0. The molecule has 0 aromatic rings. The van der Waals surface area contributed by atoms with E-state index in [1.807, 2.05) is 19.1 Å². The van der Waals surface area contributed by atoms with Crippen LogP contribution in [-0.4, -0.2) is 5.11 Å². The first-order chi connectivity index (χ1) is 4.31. The van der Waals surface area contributed by atoms with Crippen molar-refractivity contribution in [1.82, 2.24) is 0 Å². The van der Waals surface area contributed by atoms with E-state index in [0.29, 0.717) is 0 Å². The first kappa shape index (κ1) is 8.45. The summed E-state index contributed by atoms with van der Waals surface area (Å²) in [7, 11) is 2.56. The lowest BCUT2D eigenvalue weighted by atomic mass is 10.4. The Hall–Kier alpha value is -0.550. The van der Waals surface area contributed by atoms with E-state index in [1.54, 1.807) is 12.2 Å². The van der Waals surface area contributed by atoms with Crippen LogP contribution in [0.2, 0.25) is 0 Å². The standard InChI is InChI=1S/C7H11OP/c1-2-7(9)5-3-4-6-8/h2-6,8H,9H2,1H3/b5-3-,6-4+,7-2+. The van der Waals surface area contributed by atoms with Crippen LogP contribution in [0, 0.1) is 0 Å². The number of hydrogen-bond acceptors (Lipinski definition) is 1. The molecule has 0 rings (SSSR count). The minimum atomic E-state index is 1.00. The maximum absolute atomic E-state index is 8.19. The van der Waals surface area contributed by atoms with Crippen molar-refractivity contribution >= 4 is 9.24 Å². The Morgan fingerprint density at radius 1 is 1.44 bits per heavy atom. The molecule has 0 aliphatic carbocycles. The zero-order valence-electron chi connectivity index (χ0n) is 5.41. The van der Waals surface area contributed by atoms with Crippen LogP contribution in [0.3, 0.4) is 0 Å². The molecule has 1 atom stereocenters. The first-order valence-corrected chi connectivity index (χ1v) is 3.28. The van der Waals surface area contributed by atoms with Crippen LogP contribution in [0.25, 0.3) is 0 Å². The summed E-state index contributed by atoms with van der Waals surface area (Å²) < 4.78 is 0. The number of rotatable bonds is 2. The Morgan fingerprint density at radius 2 is 2.11 bits per heavy atom. The highest BCUT2D eigenvalue weighted by Crippen LogP contribution is 2.05. The van der Waals surface area contributed by atoms with E-state index in [9.17, 15) is 0 Å². The van der Waals surface area contributed by atoms with Crippen LogP contribution in [0.5, 0.6) is 0 Å². The van der Waals surface area contributed by atoms with Gasteiger partial charge in [-0.1, -0.05) is 18.2 Å². The van der Waals surface area contributed by atoms with Gasteiger partial charge in [0.2, 0.25) is 0 Å². The molecule has 0 aromatic carbocycles. The number of hydrogen-bond donors (Lipinski definition) is 1. The predicted molar refractivity (Wildman–Crippen MR) is 44.4 cm³/mol. The van der Waals surface area contributed by atoms with Crippen LogP contribution >= 0.6 is 9.24 Å². The zero-order valence-corrected chi connectivity index (χ0v) is 6.57. The summed E-state index contributed by atoms with van der Waals surface area (Å²) in [6.45, 7) is 1.95. The molecule has 2 heteroatoms. The molecule has 1 N–H and O–H groups in total. The lowest BCUT2D eigenvalue weighted by Gasteiger charge is -1.82. The van der Waals surface area contributed by atoms with Gasteiger partial charge in [0.1, 0.15) is 0 Å². The highest BCUT2D eigenvalue weighted by molar-refractivity contribution is 7.22. The molecule has 0 aromatic heterocycles. The van der Waals surface area contributed by atoms with Crippen LogP contribution in [0.15, 0.2) is 35.9 Å². The molecule has 0 saturated carbocycles. The van der Waals surface area contributed by atoms with Gasteiger partial charge in [0.15, 0.2) is 0 Å². The Bertz CT molecular complexity index is 145. The molecular formula is C7H11OP. The van der Waals surface area contributed by atoms with Gasteiger partial charge in [-0.15, -0.1) is 9.24 Å². The van der Waals surface area contributed by atoms with Gasteiger partial charge >= 0.3 is 0 Å². The van der Waals surface area contributed by atoms with Crippen LogP contribution in [0.1, 0.15) is 6.92 Å². The van der Waals surface area contributed by atoms with Crippen molar-refractivity contribution in [3.63, 3.8) is 0 Å². The van der Waals surface area contributed by atoms with E-state index in [2.05, 4.69) is 9.24 Å². The third-order valence-electron chi connectivity index (χ3n) is 0.819. The number of aliphatic hydroxyl groups excluding tert-OH is 1. The monoisotopic (exact) mass is 142 g/mol. The van der Waals surface area contributed by atoms with E-state index < -0.39 is 0 Å². The molecule has 1 nitrogen and oxygen atoms in total. The molecular weight excluding hydrogens is 131 g/mol. The Balaban J connectivity index is 3.71. The third-order valence-corrected chi connectivity index (χ3v) is 1.34. The molecule has 0 aliphatic rings. The van der Waals surface area contributed by atoms with Gasteiger partial charge in [-0.2, -0.15) is 0 Å². The van der Waals surface area contributed by atoms with Crippen molar-refractivity contribution in [3.05, 3.63) is 35.9 Å². The van der Waals surface area contributed by atoms with Gasteiger partial charge in [0.05, 0.1) is 6.26 Å². The largest absolute Gasteiger partial charge is 0.516 e. The molecule has 0 bridgehead atoms. The highest BCUT2D eigenvalue weighted by atomic mass is 31.0. The van der Waals surface area contributed by atoms with Crippen molar-refractivity contribution in [3.8, 4) is 0 Å². The molecule has 0 saturated heterocycles. The quantitative estimate of drug-likeness (QED) is 0.356. The van der Waals surface area contributed by atoms with E-state index in [0.717, 1.165) is 11.6 Å². The smallest absolute Gasteiger partial charge is 0.0791 e.